The maximum Gasteiger partial charge on any atom is 0.339 e. The summed E-state index contributed by atoms with van der Waals surface area (Å²) in [6, 6.07) is 8.21. The van der Waals surface area contributed by atoms with Gasteiger partial charge in [-0.2, -0.15) is 0 Å². The summed E-state index contributed by atoms with van der Waals surface area (Å²) in [6.45, 7) is 0.609. The molecule has 0 N–H and O–H groups in total. The highest BCUT2D eigenvalue weighted by Crippen LogP contribution is 2.19. The van der Waals surface area contributed by atoms with Crippen LogP contribution in [-0.4, -0.2) is 42.4 Å². The van der Waals surface area contributed by atoms with Crippen LogP contribution >= 0.6 is 0 Å². The van der Waals surface area contributed by atoms with E-state index in [1.54, 1.807) is 0 Å². The molecule has 0 saturated carbocycles. The van der Waals surface area contributed by atoms with Gasteiger partial charge in [-0.25, -0.2) is 13.2 Å². The smallest absolute Gasteiger partial charge is 0.339 e. The van der Waals surface area contributed by atoms with E-state index < -0.39 is 43.8 Å². The number of rotatable bonds is 8. The van der Waals surface area contributed by atoms with Crippen molar-refractivity contribution in [2.45, 2.75) is 6.92 Å². The molecule has 9 nitrogen and oxygen atoms in total. The van der Waals surface area contributed by atoms with Crippen LogP contribution in [0, 0.1) is 10.1 Å². The summed E-state index contributed by atoms with van der Waals surface area (Å²) < 4.78 is 29.9. The van der Waals surface area contributed by atoms with Crippen LogP contribution in [0.4, 0.5) is 5.69 Å². The molecule has 0 radical (unpaired) electrons. The van der Waals surface area contributed by atoms with Crippen LogP contribution in [0.1, 0.15) is 22.8 Å². The zero-order valence-electron chi connectivity index (χ0n) is 14.8. The number of sulfone groups is 1. The number of esters is 1. The number of hydrogen-bond donors (Lipinski definition) is 0. The van der Waals surface area contributed by atoms with E-state index in [0.29, 0.717) is 0 Å². The number of benzene rings is 1. The van der Waals surface area contributed by atoms with Crippen molar-refractivity contribution in [2.75, 3.05) is 12.4 Å². The Kier molecular flexibility index (Phi) is 6.72. The largest absolute Gasteiger partial charge is 0.461 e. The van der Waals surface area contributed by atoms with Crippen molar-refractivity contribution >= 4 is 33.4 Å². The van der Waals surface area contributed by atoms with Crippen LogP contribution < -0.4 is 0 Å². The first-order valence-electron chi connectivity index (χ1n) is 7.98. The number of aromatic nitrogens is 1. The van der Waals surface area contributed by atoms with Crippen LogP contribution in [0.3, 0.4) is 0 Å². The number of nitro benzene ring substituents is 1. The van der Waals surface area contributed by atoms with Gasteiger partial charge in [-0.1, -0.05) is 12.1 Å². The Balaban J connectivity index is 2.15. The molecule has 0 aliphatic rings. The third-order valence-electron chi connectivity index (χ3n) is 3.54. The van der Waals surface area contributed by atoms with Gasteiger partial charge in [-0.15, -0.1) is 0 Å². The van der Waals surface area contributed by atoms with Crippen LogP contribution in [0.5, 0.6) is 0 Å². The Labute approximate surface area is 160 Å². The zero-order chi connectivity index (χ0) is 20.7. The lowest BCUT2D eigenvalue weighted by Gasteiger charge is -2.08. The van der Waals surface area contributed by atoms with Crippen LogP contribution in [0.25, 0.3) is 6.08 Å². The third kappa shape index (κ3) is 5.55. The van der Waals surface area contributed by atoms with Gasteiger partial charge >= 0.3 is 5.97 Å². The Morgan fingerprint density at radius 1 is 1.25 bits per heavy atom. The Bertz CT molecular complexity index is 1030. The normalized spacial score (nSPS) is 11.7. The maximum atomic E-state index is 12.5. The predicted octanol–water partition coefficient (Wildman–Crippen LogP) is 2.19. The molecule has 146 valence electrons. The van der Waals surface area contributed by atoms with Gasteiger partial charge in [0.1, 0.15) is 11.5 Å². The Morgan fingerprint density at radius 2 is 2.00 bits per heavy atom. The summed E-state index contributed by atoms with van der Waals surface area (Å²) in [6.07, 6.45) is 3.81. The number of non-ortho nitro benzene ring substituents is 1. The summed E-state index contributed by atoms with van der Waals surface area (Å²) in [4.78, 5) is 37.1. The molecule has 0 fully saturated rings. The highest BCUT2D eigenvalue weighted by atomic mass is 32.2. The number of nitrogens with zero attached hydrogens (tertiary/aromatic N) is 2. The van der Waals surface area contributed by atoms with Gasteiger partial charge in [0.25, 0.3) is 5.69 Å². The van der Waals surface area contributed by atoms with Gasteiger partial charge < -0.3 is 4.74 Å². The molecule has 0 unspecified atom stereocenters. The molecule has 1 aromatic heterocycles. The second kappa shape index (κ2) is 9.00. The van der Waals surface area contributed by atoms with Gasteiger partial charge in [-0.05, 0) is 30.7 Å². The minimum Gasteiger partial charge on any atom is -0.461 e. The first-order valence-corrected chi connectivity index (χ1v) is 9.63. The van der Waals surface area contributed by atoms with E-state index in [0.717, 1.165) is 19.1 Å². The number of nitro groups is 1. The monoisotopic (exact) mass is 404 g/mol. The van der Waals surface area contributed by atoms with E-state index in [-0.39, 0.29) is 16.8 Å². The number of ketones is 1. The molecule has 0 saturated heterocycles. The molecular formula is C18H16N2O7S. The molecule has 1 heterocycles. The van der Waals surface area contributed by atoms with Crippen LogP contribution in [0.2, 0.25) is 0 Å². The van der Waals surface area contributed by atoms with E-state index in [4.69, 9.17) is 4.74 Å². The van der Waals surface area contributed by atoms with Crippen molar-refractivity contribution < 1.29 is 27.7 Å². The Morgan fingerprint density at radius 3 is 2.61 bits per heavy atom. The van der Waals surface area contributed by atoms with Gasteiger partial charge in [0.15, 0.2) is 15.6 Å². The average Bonchev–Trinajstić information content (AvgIpc) is 2.66. The maximum absolute atomic E-state index is 12.5. The fraction of sp³-hybridized carbons (Fsp3) is 0.167. The summed E-state index contributed by atoms with van der Waals surface area (Å²) in [5.41, 5.74) is 0.119. The molecule has 0 aliphatic heterocycles. The lowest BCUT2D eigenvalue weighted by atomic mass is 10.2. The fourth-order valence-electron chi connectivity index (χ4n) is 2.21. The molecule has 0 aliphatic carbocycles. The molecule has 0 spiro atoms. The van der Waals surface area contributed by atoms with Crippen molar-refractivity contribution in [3.8, 4) is 0 Å². The van der Waals surface area contributed by atoms with Gasteiger partial charge in [0.2, 0.25) is 0 Å². The van der Waals surface area contributed by atoms with E-state index in [1.807, 2.05) is 0 Å². The Hall–Kier alpha value is -3.40. The second-order valence-corrected chi connectivity index (χ2v) is 7.69. The third-order valence-corrected chi connectivity index (χ3v) is 5.32. The molecule has 28 heavy (non-hydrogen) atoms. The van der Waals surface area contributed by atoms with Crippen molar-refractivity contribution in [3.63, 3.8) is 0 Å². The quantitative estimate of drug-likeness (QED) is 0.283. The molecule has 1 aromatic carbocycles. The lowest BCUT2D eigenvalue weighted by Crippen LogP contribution is -2.20. The number of ether oxygens (including phenoxy) is 1. The number of Topliss-reactive ketones (excluding diaryl/α,β-unsaturated/α-hetero) is 1. The summed E-state index contributed by atoms with van der Waals surface area (Å²) in [7, 11) is -4.08. The summed E-state index contributed by atoms with van der Waals surface area (Å²) in [5.74, 6) is -2.08. The molecule has 0 bridgehead atoms. The van der Waals surface area contributed by atoms with Crippen molar-refractivity contribution in [1.29, 1.82) is 0 Å². The van der Waals surface area contributed by atoms with Crippen molar-refractivity contribution in [3.05, 3.63) is 74.9 Å². The average molecular weight is 404 g/mol. The van der Waals surface area contributed by atoms with Gasteiger partial charge in [-0.3, -0.25) is 19.9 Å². The number of hydrogen-bond acceptors (Lipinski definition) is 8. The first-order chi connectivity index (χ1) is 13.2. The topological polar surface area (TPSA) is 134 Å². The predicted molar refractivity (Wildman–Crippen MR) is 100 cm³/mol. The number of allylic oxidation sites excluding steroid dienone is 1. The zero-order valence-corrected chi connectivity index (χ0v) is 15.6. The van der Waals surface area contributed by atoms with Crippen LogP contribution in [0.15, 0.2) is 53.7 Å². The van der Waals surface area contributed by atoms with Crippen LogP contribution in [-0.2, 0) is 19.4 Å². The summed E-state index contributed by atoms with van der Waals surface area (Å²) in [5, 5.41) is 10.8. The SMILES string of the molecule is CC(=O)C(=Cc1cccc([N+](=O)[O-])c1)S(=O)(=O)CCOC(=O)c1cccnc1. The highest BCUT2D eigenvalue weighted by molar-refractivity contribution is 7.96. The van der Waals surface area contributed by atoms with Crippen molar-refractivity contribution in [2.24, 2.45) is 0 Å². The fourth-order valence-corrected chi connectivity index (χ4v) is 3.49. The van der Waals surface area contributed by atoms with E-state index >= 15 is 0 Å². The molecular weight excluding hydrogens is 388 g/mol. The van der Waals surface area contributed by atoms with E-state index in [1.165, 1.54) is 42.7 Å². The molecule has 10 heteroatoms. The highest BCUT2D eigenvalue weighted by Gasteiger charge is 2.23. The standard InChI is InChI=1S/C18H16N2O7S/c1-13(21)17(11-14-4-2-6-16(10-14)20(23)24)28(25,26)9-8-27-18(22)15-5-3-7-19-12-15/h2-7,10-12H,8-9H2,1H3. The van der Waals surface area contributed by atoms with Gasteiger partial charge in [0, 0.05) is 24.5 Å². The molecule has 2 aromatic rings. The number of carbonyl (C=O) groups excluding carboxylic acids is 2. The minimum atomic E-state index is -4.08. The van der Waals surface area contributed by atoms with E-state index in [2.05, 4.69) is 4.98 Å². The second-order valence-electron chi connectivity index (χ2n) is 5.61. The lowest BCUT2D eigenvalue weighted by molar-refractivity contribution is -0.384. The molecule has 2 rings (SSSR count). The van der Waals surface area contributed by atoms with Crippen molar-refractivity contribution in [1.82, 2.24) is 4.98 Å². The van der Waals surface area contributed by atoms with E-state index in [9.17, 15) is 28.1 Å². The first kappa shape index (κ1) is 20.9. The minimum absolute atomic E-state index is 0.166. The number of pyridine rings is 1. The summed E-state index contributed by atoms with van der Waals surface area (Å²) >= 11 is 0. The van der Waals surface area contributed by atoms with Gasteiger partial charge in [0.05, 0.1) is 16.2 Å². The molecule has 0 amide bonds. The molecule has 0 atom stereocenters. The number of carbonyl (C=O) groups is 2.